The van der Waals surface area contributed by atoms with Crippen molar-refractivity contribution in [2.75, 3.05) is 5.32 Å². The van der Waals surface area contributed by atoms with Gasteiger partial charge in [-0.25, -0.2) is 0 Å². The van der Waals surface area contributed by atoms with Gasteiger partial charge < -0.3 is 11.1 Å². The topological polar surface area (TPSA) is 55.9 Å². The van der Waals surface area contributed by atoms with E-state index in [4.69, 9.17) is 18.0 Å². The number of nitrogens with two attached hydrogens (primary N) is 1. The van der Waals surface area contributed by atoms with Crippen molar-refractivity contribution in [2.45, 2.75) is 26.8 Å². The SMILES string of the molecule is CCc1ccsc1CNc1c(C(N)=S)c(C)nn1C. The Morgan fingerprint density at radius 1 is 1.58 bits per heavy atom. The van der Waals surface area contributed by atoms with E-state index in [9.17, 15) is 0 Å². The first-order valence-corrected chi connectivity index (χ1v) is 7.45. The van der Waals surface area contributed by atoms with E-state index >= 15 is 0 Å². The van der Waals surface area contributed by atoms with Gasteiger partial charge in [-0.05, 0) is 30.4 Å². The van der Waals surface area contributed by atoms with Crippen molar-refractivity contribution < 1.29 is 0 Å². The molecule has 3 N–H and O–H groups in total. The van der Waals surface area contributed by atoms with Crippen molar-refractivity contribution in [3.05, 3.63) is 33.1 Å². The number of anilines is 1. The lowest BCUT2D eigenvalue weighted by Gasteiger charge is -2.09. The second-order valence-corrected chi connectivity index (χ2v) is 5.81. The summed E-state index contributed by atoms with van der Waals surface area (Å²) in [6.07, 6.45) is 1.05. The molecule has 0 amide bonds. The third-order valence-electron chi connectivity index (χ3n) is 3.10. The first-order valence-electron chi connectivity index (χ1n) is 6.17. The van der Waals surface area contributed by atoms with Crippen LogP contribution >= 0.6 is 23.6 Å². The quantitative estimate of drug-likeness (QED) is 0.832. The van der Waals surface area contributed by atoms with Gasteiger partial charge in [0.05, 0.1) is 17.8 Å². The fraction of sp³-hybridized carbons (Fsp3) is 0.385. The predicted octanol–water partition coefficient (Wildman–Crippen LogP) is 2.60. The Bertz CT molecular complexity index is 598. The maximum absolute atomic E-state index is 5.77. The zero-order valence-electron chi connectivity index (χ0n) is 11.4. The lowest BCUT2D eigenvalue weighted by Crippen LogP contribution is -2.14. The minimum absolute atomic E-state index is 0.384. The summed E-state index contributed by atoms with van der Waals surface area (Å²) in [6, 6.07) is 2.17. The van der Waals surface area contributed by atoms with Crippen LogP contribution in [-0.4, -0.2) is 14.8 Å². The monoisotopic (exact) mass is 294 g/mol. The van der Waals surface area contributed by atoms with Crippen LogP contribution in [0.2, 0.25) is 0 Å². The molecule has 4 nitrogen and oxygen atoms in total. The van der Waals surface area contributed by atoms with Gasteiger partial charge in [-0.15, -0.1) is 11.3 Å². The molecule has 0 saturated heterocycles. The van der Waals surface area contributed by atoms with Crippen molar-refractivity contribution in [3.63, 3.8) is 0 Å². The molecular weight excluding hydrogens is 276 g/mol. The minimum atomic E-state index is 0.384. The maximum atomic E-state index is 5.77. The highest BCUT2D eigenvalue weighted by atomic mass is 32.1. The van der Waals surface area contributed by atoms with Crippen LogP contribution in [0.15, 0.2) is 11.4 Å². The number of rotatable bonds is 5. The standard InChI is InChI=1S/C13H18N4S2/c1-4-9-5-6-19-10(9)7-15-13-11(12(14)18)8(2)16-17(13)3/h5-6,15H,4,7H2,1-3H3,(H2,14,18). The molecule has 0 aromatic carbocycles. The van der Waals surface area contributed by atoms with Crippen molar-refractivity contribution in [1.82, 2.24) is 9.78 Å². The molecule has 0 bridgehead atoms. The number of nitrogens with zero attached hydrogens (tertiary/aromatic N) is 2. The summed E-state index contributed by atoms with van der Waals surface area (Å²) in [7, 11) is 1.90. The molecule has 19 heavy (non-hydrogen) atoms. The number of hydrogen-bond donors (Lipinski definition) is 2. The third-order valence-corrected chi connectivity index (χ3v) is 4.27. The van der Waals surface area contributed by atoms with Gasteiger partial charge in [-0.2, -0.15) is 5.10 Å². The molecule has 0 unspecified atom stereocenters. The molecule has 0 saturated carbocycles. The zero-order valence-corrected chi connectivity index (χ0v) is 13.0. The molecule has 0 aliphatic carbocycles. The predicted molar refractivity (Wildman–Crippen MR) is 84.9 cm³/mol. The largest absolute Gasteiger partial charge is 0.389 e. The van der Waals surface area contributed by atoms with Gasteiger partial charge in [0.15, 0.2) is 0 Å². The summed E-state index contributed by atoms with van der Waals surface area (Å²) in [6.45, 7) is 4.86. The van der Waals surface area contributed by atoms with Gasteiger partial charge in [0.25, 0.3) is 0 Å². The molecular formula is C13H18N4S2. The number of aromatic nitrogens is 2. The van der Waals surface area contributed by atoms with Crippen LogP contribution < -0.4 is 11.1 Å². The van der Waals surface area contributed by atoms with Crippen LogP contribution in [0.25, 0.3) is 0 Å². The molecule has 2 aromatic heterocycles. The van der Waals surface area contributed by atoms with Gasteiger partial charge in [0.1, 0.15) is 10.8 Å². The third kappa shape index (κ3) is 2.79. The average Bonchev–Trinajstić information content (AvgIpc) is 2.90. The summed E-state index contributed by atoms with van der Waals surface area (Å²) < 4.78 is 1.79. The van der Waals surface area contributed by atoms with E-state index in [2.05, 4.69) is 28.8 Å². The Hall–Kier alpha value is -1.40. The molecule has 2 heterocycles. The van der Waals surface area contributed by atoms with Gasteiger partial charge >= 0.3 is 0 Å². The van der Waals surface area contributed by atoms with E-state index in [1.807, 2.05) is 14.0 Å². The number of thiocarbonyl (C=S) groups is 1. The fourth-order valence-electron chi connectivity index (χ4n) is 2.16. The first kappa shape index (κ1) is 14.0. The molecule has 2 aromatic rings. The highest BCUT2D eigenvalue weighted by Crippen LogP contribution is 2.22. The number of hydrogen-bond acceptors (Lipinski definition) is 4. The van der Waals surface area contributed by atoms with E-state index in [0.717, 1.165) is 30.0 Å². The Balaban J connectivity index is 2.22. The molecule has 0 fully saturated rings. The van der Waals surface area contributed by atoms with Gasteiger partial charge in [0, 0.05) is 11.9 Å². The minimum Gasteiger partial charge on any atom is -0.389 e. The summed E-state index contributed by atoms with van der Waals surface area (Å²) in [5.74, 6) is 0.889. The number of thiophene rings is 1. The Morgan fingerprint density at radius 3 is 2.95 bits per heavy atom. The molecule has 102 valence electrons. The summed E-state index contributed by atoms with van der Waals surface area (Å²) in [5.41, 5.74) is 8.86. The van der Waals surface area contributed by atoms with Crippen molar-refractivity contribution >= 4 is 34.4 Å². The van der Waals surface area contributed by atoms with E-state index in [1.165, 1.54) is 10.4 Å². The molecule has 0 aliphatic heterocycles. The lowest BCUT2D eigenvalue weighted by molar-refractivity contribution is 0.758. The van der Waals surface area contributed by atoms with Crippen LogP contribution in [0.4, 0.5) is 5.82 Å². The zero-order chi connectivity index (χ0) is 14.0. The summed E-state index contributed by atoms with van der Waals surface area (Å²) in [4.78, 5) is 1.73. The molecule has 2 rings (SSSR count). The Labute approximate surface area is 122 Å². The second kappa shape index (κ2) is 5.71. The Morgan fingerprint density at radius 2 is 2.32 bits per heavy atom. The summed E-state index contributed by atoms with van der Waals surface area (Å²) >= 11 is 6.86. The Kier molecular flexibility index (Phi) is 4.21. The van der Waals surface area contributed by atoms with E-state index < -0.39 is 0 Å². The molecule has 0 atom stereocenters. The number of nitrogens with one attached hydrogen (secondary N) is 1. The highest BCUT2D eigenvalue weighted by molar-refractivity contribution is 7.80. The fourth-order valence-corrected chi connectivity index (χ4v) is 3.32. The average molecular weight is 294 g/mol. The first-order chi connectivity index (χ1) is 9.04. The van der Waals surface area contributed by atoms with Gasteiger partial charge in [0.2, 0.25) is 0 Å². The molecule has 0 aliphatic rings. The van der Waals surface area contributed by atoms with Crippen LogP contribution in [0.1, 0.15) is 28.6 Å². The highest BCUT2D eigenvalue weighted by Gasteiger charge is 2.15. The van der Waals surface area contributed by atoms with Crippen LogP contribution in [0.3, 0.4) is 0 Å². The maximum Gasteiger partial charge on any atom is 0.134 e. The smallest absolute Gasteiger partial charge is 0.134 e. The molecule has 6 heteroatoms. The van der Waals surface area contributed by atoms with E-state index in [-0.39, 0.29) is 0 Å². The molecule has 0 radical (unpaired) electrons. The van der Waals surface area contributed by atoms with Crippen LogP contribution in [-0.2, 0) is 20.0 Å². The van der Waals surface area contributed by atoms with Crippen molar-refractivity contribution in [2.24, 2.45) is 12.8 Å². The van der Waals surface area contributed by atoms with Crippen LogP contribution in [0.5, 0.6) is 0 Å². The lowest BCUT2D eigenvalue weighted by atomic mass is 10.2. The number of aryl methyl sites for hydroxylation is 3. The van der Waals surface area contributed by atoms with E-state index in [1.54, 1.807) is 16.0 Å². The second-order valence-electron chi connectivity index (χ2n) is 4.37. The van der Waals surface area contributed by atoms with E-state index in [0.29, 0.717) is 4.99 Å². The van der Waals surface area contributed by atoms with Crippen LogP contribution in [0, 0.1) is 6.92 Å². The van der Waals surface area contributed by atoms with Gasteiger partial charge in [-0.1, -0.05) is 19.1 Å². The molecule has 0 spiro atoms. The summed E-state index contributed by atoms with van der Waals surface area (Å²) in [5, 5.41) is 9.89. The van der Waals surface area contributed by atoms with Crippen molar-refractivity contribution in [3.8, 4) is 0 Å². The van der Waals surface area contributed by atoms with Crippen molar-refractivity contribution in [1.29, 1.82) is 0 Å². The van der Waals surface area contributed by atoms with Gasteiger partial charge in [-0.3, -0.25) is 4.68 Å². The normalized spacial score (nSPS) is 10.7.